The van der Waals surface area contributed by atoms with Crippen molar-refractivity contribution in [2.24, 2.45) is 5.73 Å². The molecule has 2 aromatic rings. The predicted octanol–water partition coefficient (Wildman–Crippen LogP) is 0.611. The Kier molecular flexibility index (Phi) is 6.97. The summed E-state index contributed by atoms with van der Waals surface area (Å²) < 4.78 is 0. The summed E-state index contributed by atoms with van der Waals surface area (Å²) in [5, 5.41) is 5.30. The molecule has 1 aliphatic rings. The molecule has 0 aliphatic carbocycles. The fourth-order valence-electron chi connectivity index (χ4n) is 3.64. The number of hydrogen-bond acceptors (Lipinski definition) is 4. The first kappa shape index (κ1) is 20.5. The van der Waals surface area contributed by atoms with Crippen LogP contribution in [0, 0.1) is 0 Å². The van der Waals surface area contributed by atoms with Crippen molar-refractivity contribution in [2.75, 3.05) is 26.2 Å². The Bertz CT molecular complexity index is 802. The molecule has 1 fully saturated rings. The van der Waals surface area contributed by atoms with Gasteiger partial charge < -0.3 is 16.4 Å². The average Bonchev–Trinajstić information content (AvgIpc) is 2.74. The standard InChI is InChI=1S/C22H26N4O3/c23-20(27)14-25-21(28)13-19-22(29)24-11-12-26(19)15-18(16-7-3-1-4-8-16)17-9-5-2-6-10-17/h1-10,18-19H,11-15H2,(H2,23,27)(H,24,29)(H,25,28)/t19-/m0/s1. The van der Waals surface area contributed by atoms with Crippen LogP contribution in [0.5, 0.6) is 0 Å². The molecule has 152 valence electrons. The van der Waals surface area contributed by atoms with E-state index in [-0.39, 0.29) is 30.7 Å². The largest absolute Gasteiger partial charge is 0.368 e. The van der Waals surface area contributed by atoms with Crippen molar-refractivity contribution in [3.63, 3.8) is 0 Å². The SMILES string of the molecule is NC(=O)CNC(=O)C[C@H]1C(=O)NCCN1CC(c1ccccc1)c1ccccc1. The van der Waals surface area contributed by atoms with Gasteiger partial charge in [0, 0.05) is 25.6 Å². The van der Waals surface area contributed by atoms with Gasteiger partial charge in [-0.25, -0.2) is 0 Å². The Morgan fingerprint density at radius 2 is 1.66 bits per heavy atom. The third-order valence-electron chi connectivity index (χ3n) is 5.10. The van der Waals surface area contributed by atoms with E-state index in [9.17, 15) is 14.4 Å². The summed E-state index contributed by atoms with van der Waals surface area (Å²) in [4.78, 5) is 37.7. The van der Waals surface area contributed by atoms with Crippen molar-refractivity contribution < 1.29 is 14.4 Å². The van der Waals surface area contributed by atoms with Gasteiger partial charge in [0.15, 0.2) is 0 Å². The average molecular weight is 394 g/mol. The minimum atomic E-state index is -0.614. The van der Waals surface area contributed by atoms with Crippen LogP contribution in [0.15, 0.2) is 60.7 Å². The highest BCUT2D eigenvalue weighted by atomic mass is 16.2. The summed E-state index contributed by atoms with van der Waals surface area (Å²) in [7, 11) is 0. The van der Waals surface area contributed by atoms with Gasteiger partial charge >= 0.3 is 0 Å². The molecule has 0 unspecified atom stereocenters. The summed E-state index contributed by atoms with van der Waals surface area (Å²) >= 11 is 0. The molecule has 0 bridgehead atoms. The highest BCUT2D eigenvalue weighted by Crippen LogP contribution is 2.27. The van der Waals surface area contributed by atoms with Gasteiger partial charge in [0.1, 0.15) is 0 Å². The zero-order valence-electron chi connectivity index (χ0n) is 16.2. The molecule has 29 heavy (non-hydrogen) atoms. The van der Waals surface area contributed by atoms with Crippen LogP contribution in [0.3, 0.4) is 0 Å². The number of carbonyl (C=O) groups is 3. The number of benzene rings is 2. The van der Waals surface area contributed by atoms with Crippen LogP contribution in [0.2, 0.25) is 0 Å². The normalized spacial score (nSPS) is 17.0. The maximum Gasteiger partial charge on any atom is 0.237 e. The van der Waals surface area contributed by atoms with Crippen molar-refractivity contribution in [2.45, 2.75) is 18.4 Å². The molecule has 7 heteroatoms. The first-order chi connectivity index (χ1) is 14.0. The van der Waals surface area contributed by atoms with Gasteiger partial charge in [-0.05, 0) is 11.1 Å². The fourth-order valence-corrected chi connectivity index (χ4v) is 3.64. The molecule has 1 saturated heterocycles. The molecule has 1 heterocycles. The lowest BCUT2D eigenvalue weighted by atomic mass is 9.90. The molecular weight excluding hydrogens is 368 g/mol. The molecule has 7 nitrogen and oxygen atoms in total. The van der Waals surface area contributed by atoms with E-state index in [1.165, 1.54) is 0 Å². The van der Waals surface area contributed by atoms with Gasteiger partial charge in [0.05, 0.1) is 19.0 Å². The maximum atomic E-state index is 12.5. The third kappa shape index (κ3) is 5.65. The third-order valence-corrected chi connectivity index (χ3v) is 5.10. The number of piperazine rings is 1. The molecule has 2 aromatic carbocycles. The van der Waals surface area contributed by atoms with Gasteiger partial charge in [0.2, 0.25) is 17.7 Å². The van der Waals surface area contributed by atoms with Crippen molar-refractivity contribution in [1.29, 1.82) is 0 Å². The van der Waals surface area contributed by atoms with Crippen molar-refractivity contribution in [1.82, 2.24) is 15.5 Å². The number of amides is 3. The molecule has 4 N–H and O–H groups in total. The lowest BCUT2D eigenvalue weighted by molar-refractivity contribution is -0.134. The van der Waals surface area contributed by atoms with Crippen molar-refractivity contribution in [3.8, 4) is 0 Å². The zero-order valence-corrected chi connectivity index (χ0v) is 16.2. The first-order valence-corrected chi connectivity index (χ1v) is 9.71. The van der Waals surface area contributed by atoms with Gasteiger partial charge in [-0.15, -0.1) is 0 Å². The molecule has 0 saturated carbocycles. The maximum absolute atomic E-state index is 12.5. The molecule has 3 amide bonds. The lowest BCUT2D eigenvalue weighted by Gasteiger charge is -2.37. The molecule has 3 rings (SSSR count). The Morgan fingerprint density at radius 3 is 2.21 bits per heavy atom. The minimum Gasteiger partial charge on any atom is -0.368 e. The van der Waals surface area contributed by atoms with Gasteiger partial charge in [0.25, 0.3) is 0 Å². The van der Waals surface area contributed by atoms with E-state index >= 15 is 0 Å². The van der Waals surface area contributed by atoms with Crippen LogP contribution in [-0.2, 0) is 14.4 Å². The predicted molar refractivity (Wildman–Crippen MR) is 110 cm³/mol. The zero-order chi connectivity index (χ0) is 20.6. The molecule has 1 aliphatic heterocycles. The Morgan fingerprint density at radius 1 is 1.07 bits per heavy atom. The second kappa shape index (κ2) is 9.84. The van der Waals surface area contributed by atoms with E-state index in [1.807, 2.05) is 41.3 Å². The molecular formula is C22H26N4O3. The number of carbonyl (C=O) groups excluding carboxylic acids is 3. The number of nitrogens with two attached hydrogens (primary N) is 1. The summed E-state index contributed by atoms with van der Waals surface area (Å²) in [6.45, 7) is 1.56. The van der Waals surface area contributed by atoms with Crippen molar-refractivity contribution >= 4 is 17.7 Å². The van der Waals surface area contributed by atoms with E-state index in [0.717, 1.165) is 11.1 Å². The molecule has 0 aromatic heterocycles. The lowest BCUT2D eigenvalue weighted by Crippen LogP contribution is -2.57. The molecule has 1 atom stereocenters. The molecule has 0 radical (unpaired) electrons. The number of nitrogens with one attached hydrogen (secondary N) is 2. The Hall–Kier alpha value is -3.19. The van der Waals surface area contributed by atoms with Gasteiger partial charge in [-0.1, -0.05) is 60.7 Å². The highest BCUT2D eigenvalue weighted by molar-refractivity contribution is 5.90. The van der Waals surface area contributed by atoms with Crippen LogP contribution in [-0.4, -0.2) is 54.8 Å². The van der Waals surface area contributed by atoms with Crippen LogP contribution in [0.4, 0.5) is 0 Å². The van der Waals surface area contributed by atoms with E-state index in [4.69, 9.17) is 5.73 Å². The topological polar surface area (TPSA) is 105 Å². The Balaban J connectivity index is 1.80. The van der Waals surface area contributed by atoms with E-state index in [2.05, 4.69) is 34.9 Å². The minimum absolute atomic E-state index is 0.0184. The van der Waals surface area contributed by atoms with Gasteiger partial charge in [-0.2, -0.15) is 0 Å². The van der Waals surface area contributed by atoms with Gasteiger partial charge in [-0.3, -0.25) is 19.3 Å². The first-order valence-electron chi connectivity index (χ1n) is 9.71. The van der Waals surface area contributed by atoms with Crippen LogP contribution in [0.25, 0.3) is 0 Å². The van der Waals surface area contributed by atoms with E-state index in [0.29, 0.717) is 19.6 Å². The highest BCUT2D eigenvalue weighted by Gasteiger charge is 2.33. The Labute approximate surface area is 170 Å². The van der Waals surface area contributed by atoms with E-state index in [1.54, 1.807) is 0 Å². The van der Waals surface area contributed by atoms with Crippen LogP contribution in [0.1, 0.15) is 23.5 Å². The summed E-state index contributed by atoms with van der Waals surface area (Å²) in [5.41, 5.74) is 7.39. The summed E-state index contributed by atoms with van der Waals surface area (Å²) in [6.07, 6.45) is -0.0184. The fraction of sp³-hybridized carbons (Fsp3) is 0.318. The smallest absolute Gasteiger partial charge is 0.237 e. The van der Waals surface area contributed by atoms with Crippen molar-refractivity contribution in [3.05, 3.63) is 71.8 Å². The number of hydrogen-bond donors (Lipinski definition) is 3. The quantitative estimate of drug-likeness (QED) is 0.610. The second-order valence-corrected chi connectivity index (χ2v) is 7.12. The number of nitrogens with zero attached hydrogens (tertiary/aromatic N) is 1. The molecule has 0 spiro atoms. The summed E-state index contributed by atoms with van der Waals surface area (Å²) in [6, 6.07) is 19.7. The van der Waals surface area contributed by atoms with Crippen LogP contribution >= 0.6 is 0 Å². The second-order valence-electron chi connectivity index (χ2n) is 7.12. The number of rotatable bonds is 8. The number of primary amides is 1. The monoisotopic (exact) mass is 394 g/mol. The summed E-state index contributed by atoms with van der Waals surface area (Å²) in [5.74, 6) is -1.09. The van der Waals surface area contributed by atoms with Crippen LogP contribution < -0.4 is 16.4 Å². The van der Waals surface area contributed by atoms with E-state index < -0.39 is 11.9 Å².